The van der Waals surface area contributed by atoms with Crippen LogP contribution in [0.2, 0.25) is 0 Å². The van der Waals surface area contributed by atoms with Gasteiger partial charge in [0.25, 0.3) is 0 Å². The van der Waals surface area contributed by atoms with Crippen molar-refractivity contribution in [1.82, 2.24) is 0 Å². The van der Waals surface area contributed by atoms with Gasteiger partial charge in [0, 0.05) is 6.42 Å². The number of unbranched alkanes of at least 4 members (excludes halogenated alkanes) is 2. The van der Waals surface area contributed by atoms with Gasteiger partial charge < -0.3 is 42.6 Å². The van der Waals surface area contributed by atoms with Gasteiger partial charge in [-0.25, -0.2) is 13.2 Å². The van der Waals surface area contributed by atoms with E-state index in [0.29, 0.717) is 72.5 Å². The van der Waals surface area contributed by atoms with Gasteiger partial charge in [-0.1, -0.05) is 19.8 Å². The van der Waals surface area contributed by atoms with Crippen LogP contribution in [0, 0.1) is 29.1 Å². The number of hydrogen-bond donors (Lipinski definition) is 0. The Labute approximate surface area is 259 Å². The van der Waals surface area contributed by atoms with Crippen LogP contribution in [-0.2, 0) is 47.5 Å². The average Bonchev–Trinajstić information content (AvgIpc) is 3.03. The Balaban J connectivity index is 1.81. The van der Waals surface area contributed by atoms with Crippen molar-refractivity contribution >= 4 is 11.9 Å². The Kier molecular flexibility index (Phi) is 24.1. The number of benzene rings is 1. The van der Waals surface area contributed by atoms with E-state index in [2.05, 4.69) is 11.7 Å². The van der Waals surface area contributed by atoms with Crippen LogP contribution in [0.4, 0.5) is 22.0 Å². The van der Waals surface area contributed by atoms with Crippen LogP contribution in [0.5, 0.6) is 5.75 Å². The molecule has 0 fully saturated rings. The zero-order valence-corrected chi connectivity index (χ0v) is 25.5. The molecular formula is C29H43F5O11. The maximum atomic E-state index is 13.5. The quantitative estimate of drug-likeness (QED) is 0.0310. The second-order valence-corrected chi connectivity index (χ2v) is 9.09. The molecule has 1 aromatic carbocycles. The maximum absolute atomic E-state index is 13.5. The Morgan fingerprint density at radius 3 is 1.20 bits per heavy atom. The fourth-order valence-electron chi connectivity index (χ4n) is 3.22. The molecule has 0 aliphatic rings. The minimum atomic E-state index is -2.35. The number of carbonyl (C=O) groups excluding carboxylic acids is 2. The molecule has 0 aliphatic heterocycles. The minimum absolute atomic E-state index is 0.0790. The third-order valence-electron chi connectivity index (χ3n) is 5.54. The Bertz CT molecular complexity index is 927. The lowest BCUT2D eigenvalue weighted by atomic mass is 10.2. The molecular weight excluding hydrogens is 619 g/mol. The number of esters is 2. The van der Waals surface area contributed by atoms with E-state index in [9.17, 15) is 31.5 Å². The van der Waals surface area contributed by atoms with Crippen LogP contribution in [0.1, 0.15) is 39.0 Å². The van der Waals surface area contributed by atoms with Gasteiger partial charge in [-0.3, -0.25) is 9.59 Å². The van der Waals surface area contributed by atoms with Crippen molar-refractivity contribution in [1.29, 1.82) is 0 Å². The summed E-state index contributed by atoms with van der Waals surface area (Å²) in [5, 5.41) is 0. The van der Waals surface area contributed by atoms with Gasteiger partial charge in [0.1, 0.15) is 6.61 Å². The van der Waals surface area contributed by atoms with E-state index < -0.39 is 47.2 Å². The van der Waals surface area contributed by atoms with Crippen LogP contribution in [-0.4, -0.2) is 111 Å². The van der Waals surface area contributed by atoms with Gasteiger partial charge in [0.2, 0.25) is 34.8 Å². The summed E-state index contributed by atoms with van der Waals surface area (Å²) in [5.74, 6) is -14.3. The first kappa shape index (κ1) is 40.6. The molecule has 0 saturated heterocycles. The molecule has 11 nitrogen and oxygen atoms in total. The molecule has 0 spiro atoms. The molecule has 45 heavy (non-hydrogen) atoms. The van der Waals surface area contributed by atoms with Crippen LogP contribution in [0.25, 0.3) is 0 Å². The fraction of sp³-hybridized carbons (Fsp3) is 0.724. The smallest absolute Gasteiger partial charge is 0.313 e. The van der Waals surface area contributed by atoms with Gasteiger partial charge in [-0.05, 0) is 6.42 Å². The molecule has 1 aromatic rings. The highest BCUT2D eigenvalue weighted by Gasteiger charge is 2.28. The van der Waals surface area contributed by atoms with Gasteiger partial charge >= 0.3 is 11.9 Å². The largest absolute Gasteiger partial charge is 0.463 e. The standard InChI is InChI=1S/C29H43F5O11/c1-2-3-4-5-22(35)44-21-20-43-19-18-42-17-16-41-15-14-40-13-12-39-11-10-38-9-8-37-7-6-23(36)45-29-27(33)25(31)24(30)26(32)28(29)34/h2-21H2,1H3. The molecule has 0 aliphatic carbocycles. The van der Waals surface area contributed by atoms with E-state index in [1.807, 2.05) is 0 Å². The van der Waals surface area contributed by atoms with Gasteiger partial charge in [0.15, 0.2) is 0 Å². The van der Waals surface area contributed by atoms with Gasteiger partial charge in [0.05, 0.1) is 98.9 Å². The first-order valence-corrected chi connectivity index (χ1v) is 14.7. The number of carbonyl (C=O) groups is 2. The fourth-order valence-corrected chi connectivity index (χ4v) is 3.22. The first-order valence-electron chi connectivity index (χ1n) is 14.7. The van der Waals surface area contributed by atoms with Gasteiger partial charge in [-0.2, -0.15) is 8.78 Å². The molecule has 0 N–H and O–H groups in total. The number of halogens is 5. The number of ether oxygens (including phenoxy) is 9. The van der Waals surface area contributed by atoms with E-state index in [1.54, 1.807) is 0 Å². The lowest BCUT2D eigenvalue weighted by Gasteiger charge is -2.09. The summed E-state index contributed by atoms with van der Waals surface area (Å²) in [6, 6.07) is 0. The topological polar surface area (TPSA) is 117 Å². The minimum Gasteiger partial charge on any atom is -0.463 e. The molecule has 0 aromatic heterocycles. The summed E-state index contributed by atoms with van der Waals surface area (Å²) in [6.45, 7) is 6.41. The van der Waals surface area contributed by atoms with E-state index in [-0.39, 0.29) is 39.0 Å². The summed E-state index contributed by atoms with van der Waals surface area (Å²) in [5.41, 5.74) is 0. The maximum Gasteiger partial charge on any atom is 0.313 e. The molecule has 0 atom stereocenters. The van der Waals surface area contributed by atoms with Crippen LogP contribution < -0.4 is 4.74 Å². The predicted octanol–water partition coefficient (Wildman–Crippen LogP) is 3.92. The predicted molar refractivity (Wildman–Crippen MR) is 147 cm³/mol. The van der Waals surface area contributed by atoms with Crippen molar-refractivity contribution in [2.24, 2.45) is 0 Å². The highest BCUT2D eigenvalue weighted by atomic mass is 19.2. The SMILES string of the molecule is CCCCCC(=O)OCCOCCOCCOCCOCCOCCOCCOCCC(=O)Oc1c(F)c(F)c(F)c(F)c1F. The Hall–Kier alpha value is -2.47. The zero-order chi connectivity index (χ0) is 33.1. The second kappa shape index (κ2) is 26.7. The van der Waals surface area contributed by atoms with Crippen LogP contribution >= 0.6 is 0 Å². The van der Waals surface area contributed by atoms with Crippen molar-refractivity contribution < 1.29 is 74.2 Å². The number of hydrogen-bond acceptors (Lipinski definition) is 11. The molecule has 0 heterocycles. The van der Waals surface area contributed by atoms with Crippen molar-refractivity contribution in [3.63, 3.8) is 0 Å². The van der Waals surface area contributed by atoms with Crippen molar-refractivity contribution in [2.75, 3.05) is 99.1 Å². The molecule has 1 rings (SSSR count). The molecule has 0 saturated carbocycles. The van der Waals surface area contributed by atoms with E-state index >= 15 is 0 Å². The average molecular weight is 663 g/mol. The molecule has 0 amide bonds. The van der Waals surface area contributed by atoms with Crippen LogP contribution in [0.3, 0.4) is 0 Å². The summed E-state index contributed by atoms with van der Waals surface area (Å²) >= 11 is 0. The third-order valence-corrected chi connectivity index (χ3v) is 5.54. The van der Waals surface area contributed by atoms with Crippen LogP contribution in [0.15, 0.2) is 0 Å². The molecule has 16 heteroatoms. The monoisotopic (exact) mass is 662 g/mol. The molecule has 0 radical (unpaired) electrons. The number of rotatable bonds is 29. The van der Waals surface area contributed by atoms with E-state index in [0.717, 1.165) is 19.3 Å². The summed E-state index contributed by atoms with van der Waals surface area (Å²) in [4.78, 5) is 23.1. The highest BCUT2D eigenvalue weighted by Crippen LogP contribution is 2.29. The van der Waals surface area contributed by atoms with Crippen molar-refractivity contribution in [3.8, 4) is 5.75 Å². The van der Waals surface area contributed by atoms with E-state index in [4.69, 9.17) is 37.9 Å². The lowest BCUT2D eigenvalue weighted by molar-refractivity contribution is -0.145. The summed E-state index contributed by atoms with van der Waals surface area (Å²) in [6.07, 6.45) is 2.88. The van der Waals surface area contributed by atoms with Gasteiger partial charge in [-0.15, -0.1) is 0 Å². The second-order valence-electron chi connectivity index (χ2n) is 9.09. The Morgan fingerprint density at radius 2 is 0.800 bits per heavy atom. The molecule has 260 valence electrons. The van der Waals surface area contributed by atoms with E-state index in [1.165, 1.54) is 0 Å². The van der Waals surface area contributed by atoms with Crippen molar-refractivity contribution in [2.45, 2.75) is 39.0 Å². The summed E-state index contributed by atoms with van der Waals surface area (Å²) < 4.78 is 113. The third kappa shape index (κ3) is 19.6. The Morgan fingerprint density at radius 1 is 0.444 bits per heavy atom. The lowest BCUT2D eigenvalue weighted by Crippen LogP contribution is -2.16. The van der Waals surface area contributed by atoms with Crippen molar-refractivity contribution in [3.05, 3.63) is 29.1 Å². The molecule has 0 bridgehead atoms. The zero-order valence-electron chi connectivity index (χ0n) is 25.5. The summed E-state index contributed by atoms with van der Waals surface area (Å²) in [7, 11) is 0. The first-order chi connectivity index (χ1) is 21.8. The normalized spacial score (nSPS) is 11.2. The molecule has 0 unspecified atom stereocenters. The highest BCUT2D eigenvalue weighted by molar-refractivity contribution is 5.72.